The van der Waals surface area contributed by atoms with Crippen LogP contribution in [0.15, 0.2) is 60.7 Å². The van der Waals surface area contributed by atoms with Gasteiger partial charge in [-0.05, 0) is 35.6 Å². The average molecular weight is 352 g/mol. The molecule has 118 valence electrons. The molecular formula is C16H21O3PSSi. The molecule has 2 aromatic rings. The van der Waals surface area contributed by atoms with Crippen molar-refractivity contribution in [2.24, 2.45) is 0 Å². The van der Waals surface area contributed by atoms with Crippen molar-refractivity contribution in [3.05, 3.63) is 60.7 Å². The zero-order valence-electron chi connectivity index (χ0n) is 13.1. The van der Waals surface area contributed by atoms with Crippen molar-refractivity contribution in [2.45, 2.75) is 19.6 Å². The van der Waals surface area contributed by atoms with Crippen molar-refractivity contribution in [3.8, 4) is 11.5 Å². The molecule has 0 heterocycles. The summed E-state index contributed by atoms with van der Waals surface area (Å²) in [5.41, 5.74) is 0. The normalized spacial score (nSPS) is 12.0. The summed E-state index contributed by atoms with van der Waals surface area (Å²) in [6.07, 6.45) is 0. The van der Waals surface area contributed by atoms with Crippen LogP contribution in [0.3, 0.4) is 0 Å². The van der Waals surface area contributed by atoms with Gasteiger partial charge in [-0.1, -0.05) is 56.0 Å². The van der Waals surface area contributed by atoms with E-state index in [0.717, 1.165) is 5.38 Å². The number of hydrogen-bond donors (Lipinski definition) is 0. The van der Waals surface area contributed by atoms with Gasteiger partial charge >= 0.3 is 6.80 Å². The summed E-state index contributed by atoms with van der Waals surface area (Å²) in [4.78, 5) is 0. The highest BCUT2D eigenvalue weighted by Gasteiger charge is 2.32. The molecule has 0 amide bonds. The molecule has 2 aromatic carbocycles. The van der Waals surface area contributed by atoms with Crippen LogP contribution >= 0.6 is 18.2 Å². The molecule has 0 aliphatic rings. The van der Waals surface area contributed by atoms with Crippen LogP contribution in [0.1, 0.15) is 0 Å². The molecule has 0 saturated heterocycles. The van der Waals surface area contributed by atoms with Crippen LogP contribution in [0.2, 0.25) is 19.6 Å². The smallest absolute Gasteiger partial charge is 0.408 e. The first kappa shape index (κ1) is 17.2. The number of rotatable bonds is 7. The number of hydrogen-bond acceptors (Lipinski definition) is 4. The summed E-state index contributed by atoms with van der Waals surface area (Å²) in [7, 11) is -1.37. The summed E-state index contributed by atoms with van der Waals surface area (Å²) in [6, 6.07) is 18.3. The second kappa shape index (κ2) is 7.40. The lowest BCUT2D eigenvalue weighted by atomic mass is 10.3. The van der Waals surface area contributed by atoms with E-state index in [0.29, 0.717) is 11.5 Å². The maximum absolute atomic E-state index is 13.1. The Morgan fingerprint density at radius 1 is 0.864 bits per heavy atom. The lowest BCUT2D eigenvalue weighted by Crippen LogP contribution is -2.24. The van der Waals surface area contributed by atoms with Crippen LogP contribution in [-0.4, -0.2) is 13.5 Å². The molecule has 0 N–H and O–H groups in total. The lowest BCUT2D eigenvalue weighted by Gasteiger charge is -2.22. The third-order valence-electron chi connectivity index (χ3n) is 2.58. The fourth-order valence-corrected chi connectivity index (χ4v) is 10.4. The lowest BCUT2D eigenvalue weighted by molar-refractivity contribution is 0.408. The van der Waals surface area contributed by atoms with E-state index in [1.165, 1.54) is 11.4 Å². The Labute approximate surface area is 137 Å². The Kier molecular flexibility index (Phi) is 5.79. The summed E-state index contributed by atoms with van der Waals surface area (Å²) in [6.45, 7) is 3.39. The fourth-order valence-electron chi connectivity index (χ4n) is 1.56. The second-order valence-corrected chi connectivity index (χ2v) is 16.0. The summed E-state index contributed by atoms with van der Waals surface area (Å²) in [5.74, 6) is 1.12. The van der Waals surface area contributed by atoms with Crippen molar-refractivity contribution >= 4 is 26.3 Å². The third-order valence-corrected chi connectivity index (χ3v) is 10.3. The molecule has 0 atom stereocenters. The van der Waals surface area contributed by atoms with E-state index in [1.807, 2.05) is 36.4 Å². The van der Waals surface area contributed by atoms with Crippen molar-refractivity contribution in [3.63, 3.8) is 0 Å². The van der Waals surface area contributed by atoms with E-state index in [-0.39, 0.29) is 0 Å². The predicted octanol–water partition coefficient (Wildman–Crippen LogP) is 5.86. The quantitative estimate of drug-likeness (QED) is 0.461. The fraction of sp³-hybridized carbons (Fsp3) is 0.250. The molecule has 0 radical (unpaired) electrons. The molecular weight excluding hydrogens is 331 g/mol. The van der Waals surface area contributed by atoms with Gasteiger partial charge in [-0.25, -0.2) is 4.57 Å². The second-order valence-electron chi connectivity index (χ2n) is 6.09. The first-order valence-electron chi connectivity index (χ1n) is 7.10. The minimum atomic E-state index is -3.31. The van der Waals surface area contributed by atoms with Crippen LogP contribution in [0.5, 0.6) is 11.5 Å². The maximum Gasteiger partial charge on any atom is 0.492 e. The van der Waals surface area contributed by atoms with Crippen molar-refractivity contribution in [1.29, 1.82) is 0 Å². The molecule has 0 aliphatic heterocycles. The van der Waals surface area contributed by atoms with E-state index in [2.05, 4.69) is 19.6 Å². The van der Waals surface area contributed by atoms with Gasteiger partial charge in [0.25, 0.3) is 0 Å². The van der Waals surface area contributed by atoms with Gasteiger partial charge in [-0.3, -0.25) is 0 Å². The predicted molar refractivity (Wildman–Crippen MR) is 97.6 cm³/mol. The Balaban J connectivity index is 2.17. The molecule has 3 nitrogen and oxygen atoms in total. The zero-order chi connectivity index (χ0) is 16.1. The van der Waals surface area contributed by atoms with Crippen LogP contribution in [0.25, 0.3) is 0 Å². The van der Waals surface area contributed by atoms with E-state index in [9.17, 15) is 4.57 Å². The third kappa shape index (κ3) is 5.91. The van der Waals surface area contributed by atoms with E-state index < -0.39 is 14.9 Å². The highest BCUT2D eigenvalue weighted by molar-refractivity contribution is 8.55. The Bertz CT molecular complexity index is 583. The van der Waals surface area contributed by atoms with Gasteiger partial charge in [0.15, 0.2) is 0 Å². The van der Waals surface area contributed by atoms with E-state index in [4.69, 9.17) is 9.05 Å². The van der Waals surface area contributed by atoms with Gasteiger partial charge in [0, 0.05) is 5.38 Å². The van der Waals surface area contributed by atoms with Gasteiger partial charge in [-0.2, -0.15) is 0 Å². The largest absolute Gasteiger partial charge is 0.492 e. The minimum absolute atomic E-state index is 0.560. The van der Waals surface area contributed by atoms with Gasteiger partial charge in [0.1, 0.15) is 11.5 Å². The Morgan fingerprint density at radius 3 is 1.64 bits per heavy atom. The van der Waals surface area contributed by atoms with Crippen LogP contribution in [0, 0.1) is 0 Å². The standard InChI is InChI=1S/C16H21O3PSSi/c1-22(2,3)14-21-20(17,18-15-10-6-4-7-11-15)19-16-12-8-5-9-13-16/h4-13H,14H2,1-3H3. The number of benzene rings is 2. The topological polar surface area (TPSA) is 35.5 Å². The zero-order valence-corrected chi connectivity index (χ0v) is 15.8. The minimum Gasteiger partial charge on any atom is -0.408 e. The van der Waals surface area contributed by atoms with Gasteiger partial charge < -0.3 is 9.05 Å². The molecule has 0 spiro atoms. The van der Waals surface area contributed by atoms with Crippen molar-refractivity contribution in [2.75, 3.05) is 5.38 Å². The maximum atomic E-state index is 13.1. The highest BCUT2D eigenvalue weighted by Crippen LogP contribution is 2.60. The molecule has 6 heteroatoms. The molecule has 0 aromatic heterocycles. The summed E-state index contributed by atoms with van der Waals surface area (Å²) >= 11 is 1.29. The molecule has 0 saturated carbocycles. The first-order chi connectivity index (χ1) is 10.4. The van der Waals surface area contributed by atoms with Gasteiger partial charge in [-0.15, -0.1) is 0 Å². The highest BCUT2D eigenvalue weighted by atomic mass is 32.7. The Morgan fingerprint density at radius 2 is 1.27 bits per heavy atom. The van der Waals surface area contributed by atoms with Gasteiger partial charge in [0.05, 0.1) is 8.07 Å². The average Bonchev–Trinajstić information content (AvgIpc) is 2.47. The Hall–Kier alpha value is -1.16. The van der Waals surface area contributed by atoms with Gasteiger partial charge in [0.2, 0.25) is 0 Å². The molecule has 0 unspecified atom stereocenters. The van der Waals surface area contributed by atoms with Crippen LogP contribution < -0.4 is 9.05 Å². The number of para-hydroxylation sites is 2. The van der Waals surface area contributed by atoms with Crippen molar-refractivity contribution in [1.82, 2.24) is 0 Å². The van der Waals surface area contributed by atoms with Crippen molar-refractivity contribution < 1.29 is 13.6 Å². The van der Waals surface area contributed by atoms with Crippen LogP contribution in [-0.2, 0) is 4.57 Å². The summed E-state index contributed by atoms with van der Waals surface area (Å²) < 4.78 is 24.6. The summed E-state index contributed by atoms with van der Waals surface area (Å²) in [5, 5.41) is 0.809. The molecule has 0 bridgehead atoms. The SMILES string of the molecule is C[Si](C)(C)CSP(=O)(Oc1ccccc1)Oc1ccccc1. The van der Waals surface area contributed by atoms with Crippen LogP contribution in [0.4, 0.5) is 0 Å². The molecule has 22 heavy (non-hydrogen) atoms. The first-order valence-corrected chi connectivity index (χ1v) is 13.9. The molecule has 0 fully saturated rings. The van der Waals surface area contributed by atoms with E-state index >= 15 is 0 Å². The van der Waals surface area contributed by atoms with E-state index in [1.54, 1.807) is 24.3 Å². The molecule has 2 rings (SSSR count). The molecule has 0 aliphatic carbocycles. The monoisotopic (exact) mass is 352 g/mol.